The highest BCUT2D eigenvalue weighted by Gasteiger charge is 2.30. The van der Waals surface area contributed by atoms with E-state index in [9.17, 15) is 4.79 Å². The van der Waals surface area contributed by atoms with Crippen LogP contribution in [0.5, 0.6) is 0 Å². The van der Waals surface area contributed by atoms with Crippen molar-refractivity contribution in [1.82, 2.24) is 10.3 Å². The molecule has 1 aliphatic rings. The minimum absolute atomic E-state index is 0.00478. The zero-order valence-corrected chi connectivity index (χ0v) is 11.3. The molecule has 1 aliphatic heterocycles. The maximum atomic E-state index is 12.0. The summed E-state index contributed by atoms with van der Waals surface area (Å²) in [7, 11) is 0. The number of nitrogens with one attached hydrogen (secondary N) is 2. The highest BCUT2D eigenvalue weighted by molar-refractivity contribution is 5.83. The third-order valence-corrected chi connectivity index (χ3v) is 3.83. The number of hydrogen-bond donors (Lipinski definition) is 3. The van der Waals surface area contributed by atoms with Crippen LogP contribution in [0.4, 0.5) is 0 Å². The van der Waals surface area contributed by atoms with E-state index in [0.717, 1.165) is 11.9 Å². The van der Waals surface area contributed by atoms with E-state index in [2.05, 4.69) is 16.4 Å². The lowest BCUT2D eigenvalue weighted by atomic mass is 10.0. The van der Waals surface area contributed by atoms with E-state index in [0.29, 0.717) is 19.8 Å². The number of para-hydroxylation sites is 1. The largest absolute Gasteiger partial charge is 0.379 e. The monoisotopic (exact) mass is 273 g/mol. The van der Waals surface area contributed by atoms with Gasteiger partial charge in [-0.3, -0.25) is 4.79 Å². The van der Waals surface area contributed by atoms with E-state index >= 15 is 0 Å². The Hall–Kier alpha value is -1.85. The van der Waals surface area contributed by atoms with Crippen LogP contribution in [0.25, 0.3) is 10.9 Å². The lowest BCUT2D eigenvalue weighted by molar-refractivity contribution is -0.125. The van der Waals surface area contributed by atoms with Crippen molar-refractivity contribution in [1.29, 1.82) is 0 Å². The van der Waals surface area contributed by atoms with Gasteiger partial charge in [-0.1, -0.05) is 18.2 Å². The van der Waals surface area contributed by atoms with Gasteiger partial charge in [-0.25, -0.2) is 0 Å². The second kappa shape index (κ2) is 5.64. The van der Waals surface area contributed by atoms with Gasteiger partial charge in [0.05, 0.1) is 19.1 Å². The Morgan fingerprint density at radius 2 is 2.25 bits per heavy atom. The van der Waals surface area contributed by atoms with Gasteiger partial charge in [-0.15, -0.1) is 0 Å². The van der Waals surface area contributed by atoms with Gasteiger partial charge in [-0.2, -0.15) is 0 Å². The molecule has 4 N–H and O–H groups in total. The lowest BCUT2D eigenvalue weighted by Gasteiger charge is -2.13. The van der Waals surface area contributed by atoms with Crippen LogP contribution in [0.3, 0.4) is 0 Å². The molecule has 1 saturated heterocycles. The topological polar surface area (TPSA) is 80.1 Å². The molecule has 0 saturated carbocycles. The van der Waals surface area contributed by atoms with Gasteiger partial charge in [0.1, 0.15) is 0 Å². The first-order valence-corrected chi connectivity index (χ1v) is 6.92. The van der Waals surface area contributed by atoms with Crippen LogP contribution in [-0.2, 0) is 16.0 Å². The Kier molecular flexibility index (Phi) is 3.71. The highest BCUT2D eigenvalue weighted by Crippen LogP contribution is 2.18. The average molecular weight is 273 g/mol. The molecule has 2 unspecified atom stereocenters. The van der Waals surface area contributed by atoms with E-state index in [1.54, 1.807) is 0 Å². The molecule has 1 aromatic carbocycles. The molecule has 2 aromatic rings. The number of rotatable bonds is 4. The fraction of sp³-hybridized carbons (Fsp3) is 0.400. The summed E-state index contributed by atoms with van der Waals surface area (Å²) >= 11 is 0. The third kappa shape index (κ3) is 2.55. The zero-order valence-electron chi connectivity index (χ0n) is 11.3. The smallest absolute Gasteiger partial charge is 0.227 e. The number of hydrogen-bond acceptors (Lipinski definition) is 3. The van der Waals surface area contributed by atoms with Crippen molar-refractivity contribution in [2.45, 2.75) is 12.5 Å². The van der Waals surface area contributed by atoms with Crippen molar-refractivity contribution in [2.75, 3.05) is 19.8 Å². The van der Waals surface area contributed by atoms with Gasteiger partial charge >= 0.3 is 0 Å². The Morgan fingerprint density at radius 1 is 1.40 bits per heavy atom. The van der Waals surface area contributed by atoms with Crippen LogP contribution in [0.2, 0.25) is 0 Å². The van der Waals surface area contributed by atoms with Gasteiger partial charge in [0.2, 0.25) is 5.91 Å². The van der Waals surface area contributed by atoms with Crippen molar-refractivity contribution >= 4 is 16.8 Å². The van der Waals surface area contributed by atoms with Crippen molar-refractivity contribution in [3.8, 4) is 0 Å². The van der Waals surface area contributed by atoms with Gasteiger partial charge in [0, 0.05) is 29.7 Å². The van der Waals surface area contributed by atoms with E-state index in [1.165, 1.54) is 10.9 Å². The fourth-order valence-electron chi connectivity index (χ4n) is 2.63. The number of benzene rings is 1. The van der Waals surface area contributed by atoms with Crippen LogP contribution in [-0.4, -0.2) is 36.7 Å². The molecule has 0 radical (unpaired) electrons. The Morgan fingerprint density at radius 3 is 3.05 bits per heavy atom. The molecule has 1 fully saturated rings. The molecule has 5 heteroatoms. The van der Waals surface area contributed by atoms with Gasteiger partial charge < -0.3 is 20.8 Å². The van der Waals surface area contributed by atoms with Crippen molar-refractivity contribution < 1.29 is 9.53 Å². The lowest BCUT2D eigenvalue weighted by Crippen LogP contribution is -2.41. The predicted octanol–water partition coefficient (Wildman–Crippen LogP) is 0.800. The number of carbonyl (C=O) groups excluding carboxylic acids is 1. The van der Waals surface area contributed by atoms with Crippen molar-refractivity contribution in [2.24, 2.45) is 11.7 Å². The molecule has 20 heavy (non-hydrogen) atoms. The second-order valence-electron chi connectivity index (χ2n) is 5.21. The maximum absolute atomic E-state index is 12.0. The number of nitrogens with two attached hydrogens (primary N) is 1. The molecule has 1 amide bonds. The number of fused-ring (bicyclic) bond motifs is 1. The Bertz CT molecular complexity index is 608. The maximum Gasteiger partial charge on any atom is 0.227 e. The molecular formula is C15H19N3O2. The minimum atomic E-state index is -0.210. The molecule has 2 atom stereocenters. The van der Waals surface area contributed by atoms with Crippen molar-refractivity contribution in [3.63, 3.8) is 0 Å². The SMILES string of the molecule is NC1COCC1C(=O)NCCc1c[nH]c2ccccc12. The van der Waals surface area contributed by atoms with E-state index in [1.807, 2.05) is 24.4 Å². The molecule has 2 heterocycles. The number of carbonyl (C=O) groups is 1. The molecule has 0 bridgehead atoms. The summed E-state index contributed by atoms with van der Waals surface area (Å²) in [5, 5.41) is 4.16. The minimum Gasteiger partial charge on any atom is -0.379 e. The summed E-state index contributed by atoms with van der Waals surface area (Å²) in [5.41, 5.74) is 8.17. The fourth-order valence-corrected chi connectivity index (χ4v) is 2.63. The number of amides is 1. The number of aromatic nitrogens is 1. The quantitative estimate of drug-likeness (QED) is 0.771. The first-order chi connectivity index (χ1) is 9.75. The summed E-state index contributed by atoms with van der Waals surface area (Å²) in [5.74, 6) is -0.215. The second-order valence-corrected chi connectivity index (χ2v) is 5.21. The van der Waals surface area contributed by atoms with Crippen LogP contribution >= 0.6 is 0 Å². The molecule has 1 aromatic heterocycles. The average Bonchev–Trinajstić information content (AvgIpc) is 3.05. The van der Waals surface area contributed by atoms with Crippen LogP contribution in [0.15, 0.2) is 30.5 Å². The summed E-state index contributed by atoms with van der Waals surface area (Å²) in [4.78, 5) is 15.2. The number of aromatic amines is 1. The summed E-state index contributed by atoms with van der Waals surface area (Å²) in [6.45, 7) is 1.52. The van der Waals surface area contributed by atoms with Crippen LogP contribution in [0, 0.1) is 5.92 Å². The summed E-state index contributed by atoms with van der Waals surface area (Å²) in [6.07, 6.45) is 2.81. The molecule has 0 spiro atoms. The van der Waals surface area contributed by atoms with Crippen LogP contribution in [0.1, 0.15) is 5.56 Å². The molecule has 0 aliphatic carbocycles. The van der Waals surface area contributed by atoms with Gasteiger partial charge in [0.15, 0.2) is 0 Å². The van der Waals surface area contributed by atoms with Gasteiger partial charge in [-0.05, 0) is 18.1 Å². The van der Waals surface area contributed by atoms with E-state index in [4.69, 9.17) is 10.5 Å². The Balaban J connectivity index is 1.56. The first-order valence-electron chi connectivity index (χ1n) is 6.92. The van der Waals surface area contributed by atoms with E-state index in [-0.39, 0.29) is 17.9 Å². The zero-order chi connectivity index (χ0) is 13.9. The number of H-pyrrole nitrogens is 1. The standard InChI is InChI=1S/C15H19N3O2/c16-13-9-20-8-12(13)15(19)17-6-5-10-7-18-14-4-2-1-3-11(10)14/h1-4,7,12-13,18H,5-6,8-9,16H2,(H,17,19). The Labute approximate surface area is 117 Å². The normalized spacial score (nSPS) is 22.2. The van der Waals surface area contributed by atoms with E-state index < -0.39 is 0 Å². The molecule has 5 nitrogen and oxygen atoms in total. The third-order valence-electron chi connectivity index (χ3n) is 3.83. The van der Waals surface area contributed by atoms with Crippen molar-refractivity contribution in [3.05, 3.63) is 36.0 Å². The molecular weight excluding hydrogens is 254 g/mol. The molecule has 3 rings (SSSR count). The first kappa shape index (κ1) is 13.1. The number of ether oxygens (including phenoxy) is 1. The van der Waals surface area contributed by atoms with Crippen LogP contribution < -0.4 is 11.1 Å². The van der Waals surface area contributed by atoms with Gasteiger partial charge in [0.25, 0.3) is 0 Å². The predicted molar refractivity (Wildman–Crippen MR) is 77.3 cm³/mol. The molecule has 106 valence electrons. The highest BCUT2D eigenvalue weighted by atomic mass is 16.5. The summed E-state index contributed by atoms with van der Waals surface area (Å²) in [6, 6.07) is 7.98. The summed E-state index contributed by atoms with van der Waals surface area (Å²) < 4.78 is 5.21.